The van der Waals surface area contributed by atoms with Crippen molar-refractivity contribution >= 4 is 45.5 Å². The van der Waals surface area contributed by atoms with Gasteiger partial charge in [0.1, 0.15) is 17.9 Å². The number of rotatable bonds is 5. The van der Waals surface area contributed by atoms with E-state index in [4.69, 9.17) is 4.74 Å². The van der Waals surface area contributed by atoms with E-state index in [1.165, 1.54) is 6.08 Å². The van der Waals surface area contributed by atoms with Gasteiger partial charge in [0.2, 0.25) is 0 Å². The summed E-state index contributed by atoms with van der Waals surface area (Å²) < 4.78 is 6.82. The summed E-state index contributed by atoms with van der Waals surface area (Å²) in [6.07, 6.45) is 1.45. The molecule has 0 aliphatic carbocycles. The summed E-state index contributed by atoms with van der Waals surface area (Å²) in [6, 6.07) is 19.2. The molecule has 7 heteroatoms. The van der Waals surface area contributed by atoms with Crippen LogP contribution in [0.5, 0.6) is 5.75 Å². The van der Waals surface area contributed by atoms with Crippen LogP contribution in [-0.4, -0.2) is 17.8 Å². The number of urea groups is 1. The van der Waals surface area contributed by atoms with Gasteiger partial charge < -0.3 is 4.74 Å². The number of barbiturate groups is 1. The molecule has 0 atom stereocenters. The lowest BCUT2D eigenvalue weighted by Gasteiger charge is -2.26. The van der Waals surface area contributed by atoms with Crippen LogP contribution in [0.25, 0.3) is 6.08 Å². The molecule has 1 saturated heterocycles. The summed E-state index contributed by atoms with van der Waals surface area (Å²) in [7, 11) is 0. The third kappa shape index (κ3) is 5.04. The lowest BCUT2D eigenvalue weighted by molar-refractivity contribution is -0.122. The van der Waals surface area contributed by atoms with Crippen LogP contribution in [0.2, 0.25) is 0 Å². The van der Waals surface area contributed by atoms with Gasteiger partial charge in [-0.1, -0.05) is 63.5 Å². The largest absolute Gasteiger partial charge is 0.488 e. The second-order valence-corrected chi connectivity index (χ2v) is 8.67. The van der Waals surface area contributed by atoms with E-state index in [2.05, 4.69) is 27.3 Å². The number of ether oxygens (including phenoxy) is 1. The summed E-state index contributed by atoms with van der Waals surface area (Å²) in [5.41, 5.74) is 4.08. The summed E-state index contributed by atoms with van der Waals surface area (Å²) in [5, 5.41) is 2.24. The highest BCUT2D eigenvalue weighted by molar-refractivity contribution is 9.10. The van der Waals surface area contributed by atoms with Crippen LogP contribution >= 0.6 is 15.9 Å². The van der Waals surface area contributed by atoms with Crippen molar-refractivity contribution in [1.82, 2.24) is 5.32 Å². The van der Waals surface area contributed by atoms with Crippen molar-refractivity contribution in [2.45, 2.75) is 20.5 Å². The van der Waals surface area contributed by atoms with E-state index in [0.717, 1.165) is 26.1 Å². The molecule has 33 heavy (non-hydrogen) atoms. The lowest BCUT2D eigenvalue weighted by Crippen LogP contribution is -2.54. The van der Waals surface area contributed by atoms with Gasteiger partial charge in [-0.3, -0.25) is 14.9 Å². The maximum absolute atomic E-state index is 13.1. The number of hydrogen-bond donors (Lipinski definition) is 1. The molecule has 6 nitrogen and oxygen atoms in total. The highest BCUT2D eigenvalue weighted by Crippen LogP contribution is 2.27. The molecular formula is C26H21BrN2O4. The predicted octanol–water partition coefficient (Wildman–Crippen LogP) is 5.31. The summed E-state index contributed by atoms with van der Waals surface area (Å²) in [6.45, 7) is 4.40. The van der Waals surface area contributed by atoms with E-state index >= 15 is 0 Å². The molecule has 1 aliphatic rings. The van der Waals surface area contributed by atoms with Gasteiger partial charge in [-0.15, -0.1) is 0 Å². The van der Waals surface area contributed by atoms with Crippen molar-refractivity contribution < 1.29 is 19.1 Å². The van der Waals surface area contributed by atoms with Crippen molar-refractivity contribution in [2.75, 3.05) is 4.90 Å². The Bertz CT molecular complexity index is 1260. The van der Waals surface area contributed by atoms with Gasteiger partial charge in [-0.2, -0.15) is 0 Å². The van der Waals surface area contributed by atoms with Gasteiger partial charge in [0.25, 0.3) is 11.8 Å². The standard InChI is InChI=1S/C26H21BrN2O4/c1-16-11-17(2)13-18(12-16)15-33-23-6-4-3-5-19(23)14-22-24(30)28-26(32)29(25(22)31)21-9-7-20(27)8-10-21/h3-14H,15H2,1-2H3,(H,28,30,32)/b22-14+. The van der Waals surface area contributed by atoms with Crippen LogP contribution in [-0.2, 0) is 16.2 Å². The summed E-state index contributed by atoms with van der Waals surface area (Å²) in [5.74, 6) is -0.922. The molecule has 0 spiro atoms. The van der Waals surface area contributed by atoms with E-state index < -0.39 is 17.8 Å². The number of amides is 4. The average molecular weight is 505 g/mol. The number of imide groups is 2. The van der Waals surface area contributed by atoms with Crippen molar-refractivity contribution in [3.63, 3.8) is 0 Å². The van der Waals surface area contributed by atoms with Crippen molar-refractivity contribution in [3.05, 3.63) is 99.0 Å². The Balaban J connectivity index is 1.63. The van der Waals surface area contributed by atoms with Crippen LogP contribution < -0.4 is 15.0 Å². The fourth-order valence-corrected chi connectivity index (χ4v) is 3.95. The van der Waals surface area contributed by atoms with Gasteiger partial charge in [-0.25, -0.2) is 9.69 Å². The van der Waals surface area contributed by atoms with Crippen LogP contribution in [0, 0.1) is 13.8 Å². The average Bonchev–Trinajstić information content (AvgIpc) is 2.76. The molecule has 1 heterocycles. The molecule has 0 aromatic heterocycles. The van der Waals surface area contributed by atoms with Gasteiger partial charge >= 0.3 is 6.03 Å². The molecule has 0 unspecified atom stereocenters. The molecule has 1 N–H and O–H groups in total. The van der Waals surface area contributed by atoms with Gasteiger partial charge in [0.15, 0.2) is 0 Å². The van der Waals surface area contributed by atoms with Crippen molar-refractivity contribution in [1.29, 1.82) is 0 Å². The minimum atomic E-state index is -0.788. The zero-order chi connectivity index (χ0) is 23.5. The third-order valence-electron chi connectivity index (χ3n) is 5.08. The van der Waals surface area contributed by atoms with E-state index in [9.17, 15) is 14.4 Å². The van der Waals surface area contributed by atoms with Crippen LogP contribution in [0.4, 0.5) is 10.5 Å². The number of aryl methyl sites for hydroxylation is 2. The molecule has 4 rings (SSSR count). The van der Waals surface area contributed by atoms with Gasteiger partial charge in [0, 0.05) is 10.0 Å². The second kappa shape index (κ2) is 9.42. The van der Waals surface area contributed by atoms with E-state index in [0.29, 0.717) is 23.6 Å². The maximum Gasteiger partial charge on any atom is 0.335 e. The Labute approximate surface area is 200 Å². The fraction of sp³-hybridized carbons (Fsp3) is 0.115. The lowest BCUT2D eigenvalue weighted by atomic mass is 10.1. The normalized spacial score (nSPS) is 15.1. The van der Waals surface area contributed by atoms with Gasteiger partial charge in [0.05, 0.1) is 5.69 Å². The first-order valence-corrected chi connectivity index (χ1v) is 11.1. The zero-order valence-electron chi connectivity index (χ0n) is 18.1. The first kappa shape index (κ1) is 22.5. The highest BCUT2D eigenvalue weighted by atomic mass is 79.9. The molecule has 1 aliphatic heterocycles. The monoisotopic (exact) mass is 504 g/mol. The minimum absolute atomic E-state index is 0.153. The molecule has 4 amide bonds. The number of nitrogens with zero attached hydrogens (tertiary/aromatic N) is 1. The number of halogens is 1. The first-order chi connectivity index (χ1) is 15.8. The van der Waals surface area contributed by atoms with Crippen molar-refractivity contribution in [2.24, 2.45) is 0 Å². The number of carbonyl (C=O) groups excluding carboxylic acids is 3. The Morgan fingerprint density at radius 1 is 0.939 bits per heavy atom. The molecule has 3 aromatic rings. The first-order valence-electron chi connectivity index (χ1n) is 10.3. The maximum atomic E-state index is 13.1. The fourth-order valence-electron chi connectivity index (χ4n) is 3.68. The smallest absolute Gasteiger partial charge is 0.335 e. The van der Waals surface area contributed by atoms with Gasteiger partial charge in [-0.05, 0) is 55.8 Å². The minimum Gasteiger partial charge on any atom is -0.488 e. The summed E-state index contributed by atoms with van der Waals surface area (Å²) >= 11 is 3.33. The van der Waals surface area contributed by atoms with E-state index in [1.807, 2.05) is 32.0 Å². The molecule has 3 aromatic carbocycles. The van der Waals surface area contributed by atoms with E-state index in [-0.39, 0.29) is 5.57 Å². The van der Waals surface area contributed by atoms with Crippen molar-refractivity contribution in [3.8, 4) is 5.75 Å². The quantitative estimate of drug-likeness (QED) is 0.377. The number of hydrogen-bond acceptors (Lipinski definition) is 4. The number of benzene rings is 3. The predicted molar refractivity (Wildman–Crippen MR) is 130 cm³/mol. The Hall–Kier alpha value is -3.71. The Kier molecular flexibility index (Phi) is 6.42. The number of anilines is 1. The molecule has 0 radical (unpaired) electrons. The molecular weight excluding hydrogens is 484 g/mol. The number of para-hydroxylation sites is 1. The molecule has 1 fully saturated rings. The van der Waals surface area contributed by atoms with Crippen LogP contribution in [0.1, 0.15) is 22.3 Å². The van der Waals surface area contributed by atoms with Crippen LogP contribution in [0.3, 0.4) is 0 Å². The number of nitrogens with one attached hydrogen (secondary N) is 1. The van der Waals surface area contributed by atoms with Crippen LogP contribution in [0.15, 0.2) is 76.8 Å². The Morgan fingerprint density at radius 2 is 1.61 bits per heavy atom. The van der Waals surface area contributed by atoms with E-state index in [1.54, 1.807) is 42.5 Å². The number of carbonyl (C=O) groups is 3. The third-order valence-corrected chi connectivity index (χ3v) is 5.61. The highest BCUT2D eigenvalue weighted by Gasteiger charge is 2.36. The summed E-state index contributed by atoms with van der Waals surface area (Å²) in [4.78, 5) is 39.0. The zero-order valence-corrected chi connectivity index (χ0v) is 19.7. The molecule has 0 bridgehead atoms. The second-order valence-electron chi connectivity index (χ2n) is 7.76. The molecule has 0 saturated carbocycles. The topological polar surface area (TPSA) is 75.7 Å². The SMILES string of the molecule is Cc1cc(C)cc(COc2ccccc2/C=C2\C(=O)NC(=O)N(c3ccc(Br)cc3)C2=O)c1. The Morgan fingerprint density at radius 3 is 2.30 bits per heavy atom. The molecule has 166 valence electrons.